The number of benzene rings is 1. The molecule has 2 amide bonds. The van der Waals surface area contributed by atoms with Gasteiger partial charge in [0.25, 0.3) is 5.91 Å². The SMILES string of the molecule is CCCNCCNC(=O)C1CCN(C(=O)c2cc(OC)cc(OC)c2)CC1. The van der Waals surface area contributed by atoms with Crippen LogP contribution in [-0.2, 0) is 4.79 Å². The lowest BCUT2D eigenvalue weighted by Gasteiger charge is -2.31. The van der Waals surface area contributed by atoms with Crippen LogP contribution in [0.4, 0.5) is 0 Å². The van der Waals surface area contributed by atoms with E-state index in [1.165, 1.54) is 0 Å². The Morgan fingerprint density at radius 1 is 1.04 bits per heavy atom. The van der Waals surface area contributed by atoms with Crippen molar-refractivity contribution >= 4 is 11.8 Å². The van der Waals surface area contributed by atoms with Gasteiger partial charge in [-0.1, -0.05) is 6.92 Å². The second kappa shape index (κ2) is 10.8. The summed E-state index contributed by atoms with van der Waals surface area (Å²) in [5, 5.41) is 6.24. The summed E-state index contributed by atoms with van der Waals surface area (Å²) in [7, 11) is 3.12. The van der Waals surface area contributed by atoms with Gasteiger partial charge in [-0.05, 0) is 37.9 Å². The predicted octanol–water partition coefficient (Wildman–Crippen LogP) is 1.67. The second-order valence-corrected chi connectivity index (χ2v) is 6.71. The van der Waals surface area contributed by atoms with Crippen molar-refractivity contribution < 1.29 is 19.1 Å². The maximum absolute atomic E-state index is 12.8. The van der Waals surface area contributed by atoms with E-state index >= 15 is 0 Å². The van der Waals surface area contributed by atoms with E-state index in [9.17, 15) is 9.59 Å². The van der Waals surface area contributed by atoms with Crippen LogP contribution in [-0.4, -0.2) is 63.7 Å². The Morgan fingerprint density at radius 2 is 1.67 bits per heavy atom. The largest absolute Gasteiger partial charge is 0.497 e. The van der Waals surface area contributed by atoms with Crippen LogP contribution in [0, 0.1) is 5.92 Å². The number of nitrogens with zero attached hydrogens (tertiary/aromatic N) is 1. The smallest absolute Gasteiger partial charge is 0.254 e. The number of hydrogen-bond acceptors (Lipinski definition) is 5. The molecule has 1 heterocycles. The van der Waals surface area contributed by atoms with Gasteiger partial charge in [0.1, 0.15) is 11.5 Å². The fourth-order valence-corrected chi connectivity index (χ4v) is 3.18. The Bertz CT molecular complexity index is 605. The van der Waals surface area contributed by atoms with Crippen molar-refractivity contribution in [1.82, 2.24) is 15.5 Å². The number of rotatable bonds is 9. The number of ether oxygens (including phenoxy) is 2. The number of likely N-dealkylation sites (tertiary alicyclic amines) is 1. The van der Waals surface area contributed by atoms with Crippen LogP contribution in [0.3, 0.4) is 0 Å². The predicted molar refractivity (Wildman–Crippen MR) is 104 cm³/mol. The standard InChI is InChI=1S/C20H31N3O4/c1-4-7-21-8-9-22-19(24)15-5-10-23(11-6-15)20(25)16-12-17(26-2)14-18(13-16)27-3/h12-15,21H,4-11H2,1-3H3,(H,22,24). The molecule has 7 nitrogen and oxygen atoms in total. The van der Waals surface area contributed by atoms with E-state index in [4.69, 9.17) is 9.47 Å². The topological polar surface area (TPSA) is 79.9 Å². The molecule has 0 aromatic heterocycles. The van der Waals surface area contributed by atoms with Gasteiger partial charge in [0.05, 0.1) is 14.2 Å². The van der Waals surface area contributed by atoms with Gasteiger partial charge in [-0.15, -0.1) is 0 Å². The van der Waals surface area contributed by atoms with Gasteiger partial charge in [0.2, 0.25) is 5.91 Å². The first kappa shape index (κ1) is 21.0. The van der Waals surface area contributed by atoms with Crippen molar-refractivity contribution in [2.75, 3.05) is 46.9 Å². The van der Waals surface area contributed by atoms with Crippen LogP contribution in [0.2, 0.25) is 0 Å². The van der Waals surface area contributed by atoms with E-state index in [-0.39, 0.29) is 17.7 Å². The van der Waals surface area contributed by atoms with Gasteiger partial charge in [-0.3, -0.25) is 9.59 Å². The minimum atomic E-state index is -0.0603. The van der Waals surface area contributed by atoms with E-state index in [1.54, 1.807) is 37.3 Å². The molecule has 0 bridgehead atoms. The van der Waals surface area contributed by atoms with E-state index in [0.717, 1.165) is 19.5 Å². The molecular weight excluding hydrogens is 346 g/mol. The third kappa shape index (κ3) is 6.13. The van der Waals surface area contributed by atoms with Gasteiger partial charge in [-0.2, -0.15) is 0 Å². The average Bonchev–Trinajstić information content (AvgIpc) is 2.72. The molecule has 1 aromatic rings. The highest BCUT2D eigenvalue weighted by Gasteiger charge is 2.28. The molecule has 1 aliphatic rings. The van der Waals surface area contributed by atoms with E-state index in [0.29, 0.717) is 49.5 Å². The summed E-state index contributed by atoms with van der Waals surface area (Å²) in [6, 6.07) is 5.17. The molecule has 1 saturated heterocycles. The lowest BCUT2D eigenvalue weighted by atomic mass is 9.95. The number of nitrogens with one attached hydrogen (secondary N) is 2. The molecule has 7 heteroatoms. The summed E-state index contributed by atoms with van der Waals surface area (Å²) in [5.41, 5.74) is 0.538. The van der Waals surface area contributed by atoms with E-state index < -0.39 is 0 Å². The Morgan fingerprint density at radius 3 is 2.22 bits per heavy atom. The summed E-state index contributed by atoms with van der Waals surface area (Å²) in [5.74, 6) is 1.17. The minimum Gasteiger partial charge on any atom is -0.497 e. The molecule has 1 aromatic carbocycles. The van der Waals surface area contributed by atoms with Gasteiger partial charge >= 0.3 is 0 Å². The first-order chi connectivity index (χ1) is 13.1. The van der Waals surface area contributed by atoms with Crippen molar-refractivity contribution in [1.29, 1.82) is 0 Å². The average molecular weight is 377 g/mol. The highest BCUT2D eigenvalue weighted by molar-refractivity contribution is 5.95. The molecule has 150 valence electrons. The molecule has 0 spiro atoms. The highest BCUT2D eigenvalue weighted by Crippen LogP contribution is 2.25. The molecule has 0 saturated carbocycles. The zero-order valence-electron chi connectivity index (χ0n) is 16.5. The molecule has 0 radical (unpaired) electrons. The fraction of sp³-hybridized carbons (Fsp3) is 0.600. The van der Waals surface area contributed by atoms with Crippen LogP contribution in [0.25, 0.3) is 0 Å². The number of carbonyl (C=O) groups excluding carboxylic acids is 2. The van der Waals surface area contributed by atoms with Crippen LogP contribution < -0.4 is 20.1 Å². The number of methoxy groups -OCH3 is 2. The minimum absolute atomic E-state index is 0.0277. The van der Waals surface area contributed by atoms with Gasteiger partial charge in [0.15, 0.2) is 0 Å². The lowest BCUT2D eigenvalue weighted by molar-refractivity contribution is -0.126. The third-order valence-electron chi connectivity index (χ3n) is 4.78. The van der Waals surface area contributed by atoms with E-state index in [2.05, 4.69) is 17.6 Å². The van der Waals surface area contributed by atoms with Gasteiger partial charge in [-0.25, -0.2) is 0 Å². The van der Waals surface area contributed by atoms with Crippen molar-refractivity contribution in [2.24, 2.45) is 5.92 Å². The molecular formula is C20H31N3O4. The molecule has 2 rings (SSSR count). The molecule has 0 aliphatic carbocycles. The molecule has 2 N–H and O–H groups in total. The zero-order chi connectivity index (χ0) is 19.6. The summed E-state index contributed by atoms with van der Waals surface area (Å²) in [6.07, 6.45) is 2.45. The number of hydrogen-bond donors (Lipinski definition) is 2. The quantitative estimate of drug-likeness (QED) is 0.640. The maximum Gasteiger partial charge on any atom is 0.254 e. The first-order valence-electron chi connectivity index (χ1n) is 9.59. The fourth-order valence-electron chi connectivity index (χ4n) is 3.18. The van der Waals surface area contributed by atoms with Crippen LogP contribution in [0.5, 0.6) is 11.5 Å². The van der Waals surface area contributed by atoms with Crippen molar-refractivity contribution in [3.8, 4) is 11.5 Å². The highest BCUT2D eigenvalue weighted by atomic mass is 16.5. The maximum atomic E-state index is 12.8. The van der Waals surface area contributed by atoms with Crippen LogP contribution in [0.1, 0.15) is 36.5 Å². The molecule has 0 unspecified atom stereocenters. The third-order valence-corrected chi connectivity index (χ3v) is 4.78. The summed E-state index contributed by atoms with van der Waals surface area (Å²) in [4.78, 5) is 26.9. The summed E-state index contributed by atoms with van der Waals surface area (Å²) in [6.45, 7) is 5.65. The van der Waals surface area contributed by atoms with Crippen molar-refractivity contribution in [3.05, 3.63) is 23.8 Å². The van der Waals surface area contributed by atoms with Gasteiger partial charge in [0, 0.05) is 43.7 Å². The van der Waals surface area contributed by atoms with Gasteiger partial charge < -0.3 is 25.0 Å². The van der Waals surface area contributed by atoms with Crippen molar-refractivity contribution in [3.63, 3.8) is 0 Å². The Hall–Kier alpha value is -2.28. The normalized spacial score (nSPS) is 14.7. The Balaban J connectivity index is 1.84. The first-order valence-corrected chi connectivity index (χ1v) is 9.59. The molecule has 1 aliphatic heterocycles. The van der Waals surface area contributed by atoms with E-state index in [1.807, 2.05) is 0 Å². The second-order valence-electron chi connectivity index (χ2n) is 6.71. The van der Waals surface area contributed by atoms with Crippen LogP contribution in [0.15, 0.2) is 18.2 Å². The lowest BCUT2D eigenvalue weighted by Crippen LogP contribution is -2.44. The van der Waals surface area contributed by atoms with Crippen LogP contribution >= 0.6 is 0 Å². The molecule has 1 fully saturated rings. The monoisotopic (exact) mass is 377 g/mol. The molecule has 0 atom stereocenters. The number of carbonyl (C=O) groups is 2. The number of piperidine rings is 1. The number of amides is 2. The van der Waals surface area contributed by atoms with Crippen molar-refractivity contribution in [2.45, 2.75) is 26.2 Å². The Kier molecular flexibility index (Phi) is 8.39. The summed E-state index contributed by atoms with van der Waals surface area (Å²) >= 11 is 0. The zero-order valence-corrected chi connectivity index (χ0v) is 16.5. The molecule has 27 heavy (non-hydrogen) atoms. The summed E-state index contributed by atoms with van der Waals surface area (Å²) < 4.78 is 10.5. The Labute approximate surface area is 161 Å².